The zero-order valence-electron chi connectivity index (χ0n) is 8.80. The highest BCUT2D eigenvalue weighted by Crippen LogP contribution is 2.09. The molecular formula is C10H13NO4S. The lowest BCUT2D eigenvalue weighted by atomic mass is 10.2. The lowest BCUT2D eigenvalue weighted by molar-refractivity contribution is 0.0934. The predicted octanol–water partition coefficient (Wildman–Crippen LogP) is 0.0331. The SMILES string of the molecule is COCCNC(=O)c1ccccc1[SH](=O)=O. The van der Waals surface area contributed by atoms with Crippen LogP contribution in [0.15, 0.2) is 29.2 Å². The monoisotopic (exact) mass is 243 g/mol. The maximum Gasteiger partial charge on any atom is 0.252 e. The van der Waals surface area contributed by atoms with Gasteiger partial charge in [0, 0.05) is 13.7 Å². The van der Waals surface area contributed by atoms with Gasteiger partial charge in [-0.1, -0.05) is 12.1 Å². The van der Waals surface area contributed by atoms with Crippen LogP contribution in [-0.2, 0) is 15.4 Å². The molecule has 0 unspecified atom stereocenters. The van der Waals surface area contributed by atoms with Crippen molar-refractivity contribution in [1.29, 1.82) is 0 Å². The van der Waals surface area contributed by atoms with Gasteiger partial charge in [-0.3, -0.25) is 4.79 Å². The second-order valence-electron chi connectivity index (χ2n) is 3.02. The van der Waals surface area contributed by atoms with E-state index in [1.807, 2.05) is 0 Å². The molecule has 0 spiro atoms. The Morgan fingerprint density at radius 3 is 2.69 bits per heavy atom. The third kappa shape index (κ3) is 3.32. The maximum atomic E-state index is 11.6. The molecule has 1 rings (SSSR count). The van der Waals surface area contributed by atoms with Crippen LogP contribution < -0.4 is 5.32 Å². The summed E-state index contributed by atoms with van der Waals surface area (Å²) >= 11 is 0. The standard InChI is InChI=1S/C10H13NO4S/c1-15-7-6-11-10(12)8-4-2-3-5-9(8)16(13)14/h2-5,16H,6-7H2,1H3,(H,11,12). The van der Waals surface area contributed by atoms with Crippen LogP contribution in [0.5, 0.6) is 0 Å². The first-order valence-corrected chi connectivity index (χ1v) is 5.85. The van der Waals surface area contributed by atoms with Gasteiger partial charge >= 0.3 is 0 Å². The zero-order chi connectivity index (χ0) is 12.0. The molecule has 6 heteroatoms. The first-order chi connectivity index (χ1) is 7.66. The molecule has 5 nitrogen and oxygen atoms in total. The van der Waals surface area contributed by atoms with Gasteiger partial charge in [0.15, 0.2) is 10.7 Å². The van der Waals surface area contributed by atoms with E-state index in [0.29, 0.717) is 13.2 Å². The number of amides is 1. The molecule has 0 saturated heterocycles. The van der Waals surface area contributed by atoms with E-state index < -0.39 is 16.6 Å². The number of carbonyl (C=O) groups excluding carboxylic acids is 1. The zero-order valence-corrected chi connectivity index (χ0v) is 9.70. The van der Waals surface area contributed by atoms with Crippen LogP contribution in [-0.4, -0.2) is 34.6 Å². The molecule has 1 amide bonds. The molecule has 0 atom stereocenters. The fourth-order valence-corrected chi connectivity index (χ4v) is 1.77. The second-order valence-corrected chi connectivity index (χ2v) is 4.02. The third-order valence-electron chi connectivity index (χ3n) is 1.94. The molecule has 0 aliphatic heterocycles. The summed E-state index contributed by atoms with van der Waals surface area (Å²) in [7, 11) is -1.24. The van der Waals surface area contributed by atoms with Gasteiger partial charge in [0.2, 0.25) is 0 Å². The summed E-state index contributed by atoms with van der Waals surface area (Å²) in [6.07, 6.45) is 0. The van der Waals surface area contributed by atoms with E-state index in [4.69, 9.17) is 4.74 Å². The number of methoxy groups -OCH3 is 1. The quantitative estimate of drug-likeness (QED) is 0.565. The number of nitrogens with one attached hydrogen (secondary N) is 1. The highest BCUT2D eigenvalue weighted by molar-refractivity contribution is 7.72. The summed E-state index contributed by atoms with van der Waals surface area (Å²) in [4.78, 5) is 11.6. The van der Waals surface area contributed by atoms with E-state index in [2.05, 4.69) is 5.32 Å². The van der Waals surface area contributed by atoms with Crippen molar-refractivity contribution in [2.45, 2.75) is 4.90 Å². The van der Waals surface area contributed by atoms with Crippen LogP contribution in [0.2, 0.25) is 0 Å². The van der Waals surface area contributed by atoms with E-state index >= 15 is 0 Å². The van der Waals surface area contributed by atoms with Crippen molar-refractivity contribution in [3.05, 3.63) is 29.8 Å². The van der Waals surface area contributed by atoms with Crippen molar-refractivity contribution in [3.63, 3.8) is 0 Å². The van der Waals surface area contributed by atoms with Gasteiger partial charge in [0.25, 0.3) is 5.91 Å². The van der Waals surface area contributed by atoms with Crippen molar-refractivity contribution in [1.82, 2.24) is 5.32 Å². The van der Waals surface area contributed by atoms with Gasteiger partial charge in [-0.25, -0.2) is 8.42 Å². The summed E-state index contributed by atoms with van der Waals surface area (Å²) in [5, 5.41) is 2.56. The van der Waals surface area contributed by atoms with Crippen LogP contribution in [0.1, 0.15) is 10.4 Å². The molecule has 0 fully saturated rings. The van der Waals surface area contributed by atoms with Gasteiger partial charge in [-0.05, 0) is 12.1 Å². The lowest BCUT2D eigenvalue weighted by Gasteiger charge is -2.05. The Labute approximate surface area is 95.4 Å². The largest absolute Gasteiger partial charge is 0.383 e. The highest BCUT2D eigenvalue weighted by atomic mass is 32.2. The Bertz CT molecular complexity index is 434. The van der Waals surface area contributed by atoms with Crippen LogP contribution in [0.4, 0.5) is 0 Å². The van der Waals surface area contributed by atoms with Crippen molar-refractivity contribution < 1.29 is 17.9 Å². The van der Waals surface area contributed by atoms with E-state index in [-0.39, 0.29) is 10.5 Å². The Kier molecular flexibility index (Phi) is 4.94. The molecule has 0 bridgehead atoms. The fraction of sp³-hybridized carbons (Fsp3) is 0.300. The van der Waals surface area contributed by atoms with Gasteiger partial charge in [0.05, 0.1) is 17.1 Å². The van der Waals surface area contributed by atoms with Crippen molar-refractivity contribution >= 4 is 16.6 Å². The highest BCUT2D eigenvalue weighted by Gasteiger charge is 2.11. The molecule has 1 aromatic rings. The van der Waals surface area contributed by atoms with Gasteiger partial charge in [-0.15, -0.1) is 0 Å². The van der Waals surface area contributed by atoms with E-state index in [9.17, 15) is 13.2 Å². The van der Waals surface area contributed by atoms with Crippen molar-refractivity contribution in [2.24, 2.45) is 0 Å². The van der Waals surface area contributed by atoms with Gasteiger partial charge in [-0.2, -0.15) is 0 Å². The first-order valence-electron chi connectivity index (χ1n) is 4.67. The van der Waals surface area contributed by atoms with E-state index in [1.165, 1.54) is 19.2 Å². The molecular weight excluding hydrogens is 230 g/mol. The van der Waals surface area contributed by atoms with Gasteiger partial charge < -0.3 is 10.1 Å². The van der Waals surface area contributed by atoms with Crippen molar-refractivity contribution in [3.8, 4) is 0 Å². The number of ether oxygens (including phenoxy) is 1. The molecule has 1 N–H and O–H groups in total. The number of thiol groups is 1. The molecule has 0 heterocycles. The first kappa shape index (κ1) is 12.7. The number of carbonyl (C=O) groups is 1. The minimum atomic E-state index is -2.76. The topological polar surface area (TPSA) is 72.5 Å². The summed E-state index contributed by atoms with van der Waals surface area (Å²) in [6, 6.07) is 6.07. The Morgan fingerprint density at radius 1 is 1.38 bits per heavy atom. The average molecular weight is 243 g/mol. The summed E-state index contributed by atoms with van der Waals surface area (Å²) < 4.78 is 26.5. The molecule has 0 radical (unpaired) electrons. The average Bonchev–Trinajstić information content (AvgIpc) is 2.29. The summed E-state index contributed by atoms with van der Waals surface area (Å²) in [5.41, 5.74) is 0.162. The number of benzene rings is 1. The molecule has 16 heavy (non-hydrogen) atoms. The number of hydrogen-bond donors (Lipinski definition) is 2. The minimum Gasteiger partial charge on any atom is -0.383 e. The molecule has 0 saturated carbocycles. The molecule has 0 aliphatic carbocycles. The van der Waals surface area contributed by atoms with E-state index in [1.54, 1.807) is 12.1 Å². The Morgan fingerprint density at radius 2 is 2.06 bits per heavy atom. The number of hydrogen-bond acceptors (Lipinski definition) is 4. The molecule has 88 valence electrons. The fourth-order valence-electron chi connectivity index (χ4n) is 1.19. The summed E-state index contributed by atoms with van der Waals surface area (Å²) in [6.45, 7) is 0.733. The molecule has 0 aliphatic rings. The smallest absolute Gasteiger partial charge is 0.252 e. The second kappa shape index (κ2) is 6.24. The Balaban J connectivity index is 2.82. The van der Waals surface area contributed by atoms with Crippen LogP contribution >= 0.6 is 0 Å². The third-order valence-corrected chi connectivity index (χ3v) is 2.72. The van der Waals surface area contributed by atoms with Crippen LogP contribution in [0, 0.1) is 0 Å². The molecule has 1 aromatic carbocycles. The minimum absolute atomic E-state index is 0.0346. The Hall–Kier alpha value is -1.40. The number of rotatable bonds is 5. The predicted molar refractivity (Wildman–Crippen MR) is 59.2 cm³/mol. The van der Waals surface area contributed by atoms with Crippen molar-refractivity contribution in [2.75, 3.05) is 20.3 Å². The normalized spacial score (nSPS) is 10.4. The maximum absolute atomic E-state index is 11.6. The van der Waals surface area contributed by atoms with E-state index in [0.717, 1.165) is 0 Å². The molecule has 0 aromatic heterocycles. The van der Waals surface area contributed by atoms with Crippen LogP contribution in [0.25, 0.3) is 0 Å². The van der Waals surface area contributed by atoms with Gasteiger partial charge in [0.1, 0.15) is 0 Å². The summed E-state index contributed by atoms with van der Waals surface area (Å²) in [5.74, 6) is -0.410. The lowest BCUT2D eigenvalue weighted by Crippen LogP contribution is -2.27. The van der Waals surface area contributed by atoms with Crippen LogP contribution in [0.3, 0.4) is 0 Å².